The minimum Gasteiger partial charge on any atom is -0.405 e. The molecular weight excluding hydrogens is 429 g/mol. The lowest BCUT2D eigenvalue weighted by Crippen LogP contribution is -2.28. The van der Waals surface area contributed by atoms with Crippen LogP contribution in [0.25, 0.3) is 0 Å². The van der Waals surface area contributed by atoms with Gasteiger partial charge in [0.25, 0.3) is 0 Å². The van der Waals surface area contributed by atoms with E-state index in [0.717, 1.165) is 11.4 Å². The van der Waals surface area contributed by atoms with Crippen LogP contribution < -0.4 is 4.74 Å². The lowest BCUT2D eigenvalue weighted by atomic mass is 10.2. The predicted molar refractivity (Wildman–Crippen MR) is 111 cm³/mol. The highest BCUT2D eigenvalue weighted by Crippen LogP contribution is 2.27. The van der Waals surface area contributed by atoms with Crippen LogP contribution in [-0.2, 0) is 17.9 Å². The van der Waals surface area contributed by atoms with Gasteiger partial charge in [0.15, 0.2) is 5.16 Å². The summed E-state index contributed by atoms with van der Waals surface area (Å²) in [6.45, 7) is 2.40. The van der Waals surface area contributed by atoms with E-state index < -0.39 is 6.36 Å². The maximum absolute atomic E-state index is 12.6. The smallest absolute Gasteiger partial charge is 0.405 e. The van der Waals surface area contributed by atoms with Crippen molar-refractivity contribution in [2.45, 2.75) is 31.5 Å². The molecule has 0 spiro atoms. The number of para-hydroxylation sites is 1. The summed E-state index contributed by atoms with van der Waals surface area (Å²) in [7, 11) is 1.53. The topological polar surface area (TPSA) is 60.3 Å². The number of hydrogen-bond donors (Lipinski definition) is 0. The van der Waals surface area contributed by atoms with Crippen LogP contribution in [0.15, 0.2) is 59.8 Å². The Morgan fingerprint density at radius 2 is 1.77 bits per heavy atom. The first kappa shape index (κ1) is 22.7. The van der Waals surface area contributed by atoms with Gasteiger partial charge in [-0.25, -0.2) is 0 Å². The van der Waals surface area contributed by atoms with Crippen molar-refractivity contribution in [1.29, 1.82) is 0 Å². The van der Waals surface area contributed by atoms with Gasteiger partial charge in [-0.1, -0.05) is 60.3 Å². The molecule has 0 aliphatic rings. The van der Waals surface area contributed by atoms with E-state index in [0.29, 0.717) is 11.7 Å². The van der Waals surface area contributed by atoms with Crippen molar-refractivity contribution in [2.24, 2.45) is 0 Å². The van der Waals surface area contributed by atoms with Gasteiger partial charge in [0.1, 0.15) is 11.6 Å². The average molecular weight is 450 g/mol. The third-order valence-electron chi connectivity index (χ3n) is 4.44. The Morgan fingerprint density at radius 3 is 2.48 bits per heavy atom. The zero-order valence-corrected chi connectivity index (χ0v) is 17.8. The molecule has 0 saturated carbocycles. The Morgan fingerprint density at radius 1 is 1.10 bits per heavy atom. The highest BCUT2D eigenvalue weighted by Gasteiger charge is 2.32. The third kappa shape index (κ3) is 6.48. The molecular formula is C21H21F3N4O2S. The number of hydrogen-bond acceptors (Lipinski definition) is 5. The van der Waals surface area contributed by atoms with Crippen molar-refractivity contribution in [3.8, 4) is 5.75 Å². The van der Waals surface area contributed by atoms with Gasteiger partial charge >= 0.3 is 6.36 Å². The fourth-order valence-corrected chi connectivity index (χ4v) is 3.78. The summed E-state index contributed by atoms with van der Waals surface area (Å²) in [4.78, 5) is 13.9. The van der Waals surface area contributed by atoms with Crippen LogP contribution in [0.5, 0.6) is 5.75 Å². The van der Waals surface area contributed by atoms with Crippen LogP contribution in [0.4, 0.5) is 13.2 Å². The second-order valence-corrected chi connectivity index (χ2v) is 7.74. The van der Waals surface area contributed by atoms with E-state index >= 15 is 0 Å². The van der Waals surface area contributed by atoms with Gasteiger partial charge in [0.05, 0.1) is 12.3 Å². The van der Waals surface area contributed by atoms with E-state index in [4.69, 9.17) is 0 Å². The Kier molecular flexibility index (Phi) is 7.21. The number of carbonyl (C=O) groups is 1. The Labute approximate surface area is 182 Å². The van der Waals surface area contributed by atoms with E-state index in [9.17, 15) is 18.0 Å². The molecule has 2 aromatic carbocycles. The molecule has 10 heteroatoms. The molecule has 31 heavy (non-hydrogen) atoms. The number of aryl methyl sites for hydroxylation is 1. The number of alkyl halides is 3. The maximum atomic E-state index is 12.6. The van der Waals surface area contributed by atoms with Gasteiger partial charge < -0.3 is 14.2 Å². The van der Waals surface area contributed by atoms with Crippen LogP contribution in [0.3, 0.4) is 0 Å². The largest absolute Gasteiger partial charge is 0.573 e. The molecule has 1 amide bonds. The second-order valence-electron chi connectivity index (χ2n) is 6.80. The van der Waals surface area contributed by atoms with E-state index in [2.05, 4.69) is 14.9 Å². The summed E-state index contributed by atoms with van der Waals surface area (Å²) < 4.78 is 43.8. The van der Waals surface area contributed by atoms with Gasteiger partial charge in [-0.2, -0.15) is 0 Å². The van der Waals surface area contributed by atoms with Crippen LogP contribution >= 0.6 is 11.8 Å². The monoisotopic (exact) mass is 450 g/mol. The van der Waals surface area contributed by atoms with Crippen molar-refractivity contribution in [3.05, 3.63) is 71.5 Å². The summed E-state index contributed by atoms with van der Waals surface area (Å²) in [6, 6.07) is 15.6. The van der Waals surface area contributed by atoms with Crippen molar-refractivity contribution < 1.29 is 22.7 Å². The van der Waals surface area contributed by atoms with Crippen molar-refractivity contribution >= 4 is 17.7 Å². The summed E-state index contributed by atoms with van der Waals surface area (Å²) in [6.07, 6.45) is -4.80. The molecule has 0 atom stereocenters. The highest BCUT2D eigenvalue weighted by atomic mass is 32.2. The van der Waals surface area contributed by atoms with E-state index in [1.54, 1.807) is 6.07 Å². The SMILES string of the molecule is Cc1nnc(SCC(=O)N(C)Cc2ccccc2OC(F)(F)F)n1Cc1ccccc1. The second kappa shape index (κ2) is 9.86. The van der Waals surface area contributed by atoms with Gasteiger partial charge in [-0.05, 0) is 18.6 Å². The minimum atomic E-state index is -4.80. The molecule has 1 heterocycles. The maximum Gasteiger partial charge on any atom is 0.573 e. The normalized spacial score (nSPS) is 11.4. The summed E-state index contributed by atoms with van der Waals surface area (Å²) in [5.74, 6) is 0.232. The number of halogens is 3. The molecule has 0 aliphatic heterocycles. The standard InChI is InChI=1S/C21H21F3N4O2S/c1-15-25-26-20(28(15)12-16-8-4-3-5-9-16)31-14-19(29)27(2)13-17-10-6-7-11-18(17)30-21(22,23)24/h3-11H,12-14H2,1-2H3. The molecule has 0 bridgehead atoms. The molecule has 0 saturated heterocycles. The molecule has 6 nitrogen and oxygen atoms in total. The predicted octanol–water partition coefficient (Wildman–Crippen LogP) is 4.28. The van der Waals surface area contributed by atoms with E-state index in [1.807, 2.05) is 41.8 Å². The summed E-state index contributed by atoms with van der Waals surface area (Å²) in [5, 5.41) is 8.84. The number of thioether (sulfide) groups is 1. The van der Waals surface area contributed by atoms with Crippen molar-refractivity contribution in [2.75, 3.05) is 12.8 Å². The van der Waals surface area contributed by atoms with Crippen LogP contribution in [0.2, 0.25) is 0 Å². The first-order chi connectivity index (χ1) is 14.7. The van der Waals surface area contributed by atoms with Gasteiger partial charge in [-0.3, -0.25) is 4.79 Å². The van der Waals surface area contributed by atoms with Crippen LogP contribution in [0.1, 0.15) is 17.0 Å². The van der Waals surface area contributed by atoms with Gasteiger partial charge in [0, 0.05) is 19.2 Å². The van der Waals surface area contributed by atoms with Gasteiger partial charge in [0.2, 0.25) is 5.91 Å². The molecule has 0 unspecified atom stereocenters. The Balaban J connectivity index is 1.62. The highest BCUT2D eigenvalue weighted by molar-refractivity contribution is 7.99. The number of benzene rings is 2. The number of ether oxygens (including phenoxy) is 1. The van der Waals surface area contributed by atoms with Gasteiger partial charge in [-0.15, -0.1) is 23.4 Å². The molecule has 0 aliphatic carbocycles. The number of rotatable bonds is 8. The number of amides is 1. The van der Waals surface area contributed by atoms with Crippen molar-refractivity contribution in [1.82, 2.24) is 19.7 Å². The fraction of sp³-hybridized carbons (Fsp3) is 0.286. The minimum absolute atomic E-state index is 0.0125. The first-order valence-corrected chi connectivity index (χ1v) is 10.4. The molecule has 164 valence electrons. The molecule has 3 aromatic rings. The van der Waals surface area contributed by atoms with E-state index in [1.165, 1.54) is 41.9 Å². The fourth-order valence-electron chi connectivity index (χ4n) is 2.86. The Hall–Kier alpha value is -3.01. The van der Waals surface area contributed by atoms with Crippen LogP contribution in [-0.4, -0.2) is 44.7 Å². The summed E-state index contributed by atoms with van der Waals surface area (Å²) >= 11 is 1.24. The lowest BCUT2D eigenvalue weighted by Gasteiger charge is -2.19. The quantitative estimate of drug-likeness (QED) is 0.480. The zero-order chi connectivity index (χ0) is 22.4. The van der Waals surface area contributed by atoms with Crippen LogP contribution in [0, 0.1) is 6.92 Å². The average Bonchev–Trinajstić information content (AvgIpc) is 3.06. The summed E-state index contributed by atoms with van der Waals surface area (Å²) in [5.41, 5.74) is 1.35. The molecule has 3 rings (SSSR count). The first-order valence-electron chi connectivity index (χ1n) is 9.37. The zero-order valence-electron chi connectivity index (χ0n) is 17.0. The van der Waals surface area contributed by atoms with E-state index in [-0.39, 0.29) is 29.5 Å². The van der Waals surface area contributed by atoms with Crippen molar-refractivity contribution in [3.63, 3.8) is 0 Å². The molecule has 1 aromatic heterocycles. The number of aromatic nitrogens is 3. The number of nitrogens with zero attached hydrogens (tertiary/aromatic N) is 4. The Bertz CT molecular complexity index is 1020. The third-order valence-corrected chi connectivity index (χ3v) is 5.39. The number of carbonyl (C=O) groups excluding carboxylic acids is 1. The molecule has 0 radical (unpaired) electrons. The lowest BCUT2D eigenvalue weighted by molar-refractivity contribution is -0.275. The molecule has 0 fully saturated rings. The molecule has 0 N–H and O–H groups in total.